The molecule has 0 aliphatic heterocycles. The van der Waals surface area contributed by atoms with Crippen LogP contribution in [0.5, 0.6) is 0 Å². The Morgan fingerprint density at radius 1 is 0.706 bits per heavy atom. The van der Waals surface area contributed by atoms with Crippen LogP contribution in [0.4, 0.5) is 0 Å². The van der Waals surface area contributed by atoms with Crippen molar-refractivity contribution in [3.8, 4) is 0 Å². The minimum absolute atomic E-state index is 0.749. The lowest BCUT2D eigenvalue weighted by atomic mass is 9.91. The zero-order valence-electron chi connectivity index (χ0n) is 10.4. The average Bonchev–Trinajstić information content (AvgIpc) is 2.38. The van der Waals surface area contributed by atoms with Crippen LogP contribution in [0.2, 0.25) is 0 Å². The first-order chi connectivity index (χ1) is 8.27. The second kappa shape index (κ2) is 7.53. The molecule has 2 saturated carbocycles. The Hall–Kier alpha value is 0.970. The normalized spacial score (nSPS) is 24.7. The number of hydrogen-bond acceptors (Lipinski definition) is 5. The molecule has 0 aromatic carbocycles. The van der Waals surface area contributed by atoms with E-state index in [4.69, 9.17) is 0 Å². The predicted octanol–water partition coefficient (Wildman–Crippen LogP) is 4.51. The number of hydrogen-bond donors (Lipinski definition) is 2. The van der Waals surface area contributed by atoms with E-state index in [1.807, 2.05) is 0 Å². The lowest BCUT2D eigenvalue weighted by molar-refractivity contribution is 0.183. The van der Waals surface area contributed by atoms with Gasteiger partial charge < -0.3 is 0 Å². The lowest BCUT2D eigenvalue weighted by Gasteiger charge is -2.40. The average molecular weight is 293 g/mol. The molecule has 0 aromatic heterocycles. The van der Waals surface area contributed by atoms with Crippen LogP contribution >= 0.6 is 37.8 Å². The summed E-state index contributed by atoms with van der Waals surface area (Å²) in [4.78, 5) is 0. The van der Waals surface area contributed by atoms with Gasteiger partial charge in [-0.3, -0.25) is 0 Å². The minimum Gasteiger partial charge on any atom is -0.230 e. The zero-order valence-corrected chi connectivity index (χ0v) is 13.0. The summed E-state index contributed by atoms with van der Waals surface area (Å²) in [6, 6.07) is 1.50. The van der Waals surface area contributed by atoms with E-state index in [0.717, 1.165) is 12.1 Å². The van der Waals surface area contributed by atoms with Crippen molar-refractivity contribution in [2.24, 2.45) is 0 Å². The molecule has 5 heteroatoms. The van der Waals surface area contributed by atoms with Crippen molar-refractivity contribution in [3.63, 3.8) is 0 Å². The third kappa shape index (κ3) is 4.53. The molecule has 0 amide bonds. The smallest absolute Gasteiger partial charge is 0.0314 e. The standard InChI is InChI=1S/C12H24N2S3/c15-14(16)17-13(11-7-3-1-4-8-11)12-9-5-2-6-10-12/h11-12,15-16H,1-10H2. The van der Waals surface area contributed by atoms with E-state index in [9.17, 15) is 0 Å². The summed E-state index contributed by atoms with van der Waals surface area (Å²) in [7, 11) is 0. The monoisotopic (exact) mass is 292 g/mol. The van der Waals surface area contributed by atoms with Crippen molar-refractivity contribution < 1.29 is 0 Å². The molecule has 0 atom stereocenters. The van der Waals surface area contributed by atoms with Crippen LogP contribution in [0.3, 0.4) is 0 Å². The molecule has 0 N–H and O–H groups in total. The van der Waals surface area contributed by atoms with Crippen LogP contribution in [0.15, 0.2) is 0 Å². The highest BCUT2D eigenvalue weighted by Crippen LogP contribution is 2.37. The van der Waals surface area contributed by atoms with E-state index in [2.05, 4.69) is 29.9 Å². The lowest BCUT2D eigenvalue weighted by Crippen LogP contribution is -2.41. The van der Waals surface area contributed by atoms with Gasteiger partial charge in [-0.2, -0.15) is 0 Å². The van der Waals surface area contributed by atoms with E-state index >= 15 is 0 Å². The van der Waals surface area contributed by atoms with Crippen LogP contribution in [0, 0.1) is 0 Å². The fraction of sp³-hybridized carbons (Fsp3) is 1.00. The first kappa shape index (κ1) is 14.4. The predicted molar refractivity (Wildman–Crippen MR) is 83.0 cm³/mol. The van der Waals surface area contributed by atoms with Gasteiger partial charge in [0.1, 0.15) is 0 Å². The van der Waals surface area contributed by atoms with Gasteiger partial charge >= 0.3 is 0 Å². The topological polar surface area (TPSA) is 6.48 Å². The van der Waals surface area contributed by atoms with E-state index in [0.29, 0.717) is 0 Å². The Morgan fingerprint density at radius 3 is 1.47 bits per heavy atom. The molecule has 0 saturated heterocycles. The summed E-state index contributed by atoms with van der Waals surface area (Å²) in [5.74, 6) is 0. The Kier molecular flexibility index (Phi) is 6.37. The molecule has 2 aliphatic carbocycles. The quantitative estimate of drug-likeness (QED) is 0.582. The molecule has 0 aromatic rings. The molecule has 17 heavy (non-hydrogen) atoms. The van der Waals surface area contributed by atoms with Crippen molar-refractivity contribution in [3.05, 3.63) is 0 Å². The van der Waals surface area contributed by atoms with Crippen LogP contribution in [0.25, 0.3) is 0 Å². The summed E-state index contributed by atoms with van der Waals surface area (Å²) < 4.78 is 4.28. The summed E-state index contributed by atoms with van der Waals surface area (Å²) in [6.07, 6.45) is 13.9. The molecule has 2 nitrogen and oxygen atoms in total. The largest absolute Gasteiger partial charge is 0.230 e. The highest BCUT2D eigenvalue weighted by atomic mass is 32.3. The Morgan fingerprint density at radius 2 is 1.12 bits per heavy atom. The van der Waals surface area contributed by atoms with E-state index in [1.54, 1.807) is 15.2 Å². The van der Waals surface area contributed by atoms with E-state index in [1.165, 1.54) is 64.2 Å². The third-order valence-corrected chi connectivity index (χ3v) is 5.41. The minimum atomic E-state index is 0.749. The van der Waals surface area contributed by atoms with Crippen LogP contribution in [-0.4, -0.2) is 19.5 Å². The fourth-order valence-corrected chi connectivity index (χ4v) is 4.55. The third-order valence-electron chi connectivity index (χ3n) is 4.04. The van der Waals surface area contributed by atoms with Crippen LogP contribution in [0.1, 0.15) is 64.2 Å². The summed E-state index contributed by atoms with van der Waals surface area (Å²) in [5.41, 5.74) is 0. The van der Waals surface area contributed by atoms with Gasteiger partial charge in [0, 0.05) is 24.2 Å². The molecular weight excluding hydrogens is 268 g/mol. The van der Waals surface area contributed by atoms with Gasteiger partial charge in [0.15, 0.2) is 0 Å². The summed E-state index contributed by atoms with van der Waals surface area (Å²) >= 11 is 10.3. The van der Waals surface area contributed by atoms with Crippen molar-refractivity contribution in [1.82, 2.24) is 7.42 Å². The first-order valence-electron chi connectivity index (χ1n) is 6.91. The number of thiol groups is 2. The molecule has 2 fully saturated rings. The van der Waals surface area contributed by atoms with Gasteiger partial charge in [-0.1, -0.05) is 64.2 Å². The maximum atomic E-state index is 4.30. The maximum Gasteiger partial charge on any atom is 0.0314 e. The van der Waals surface area contributed by atoms with Gasteiger partial charge in [0.2, 0.25) is 0 Å². The van der Waals surface area contributed by atoms with Crippen molar-refractivity contribution in [1.29, 1.82) is 0 Å². The van der Waals surface area contributed by atoms with Crippen LogP contribution < -0.4 is 0 Å². The molecule has 0 spiro atoms. The second-order valence-electron chi connectivity index (χ2n) is 5.28. The highest BCUT2D eigenvalue weighted by Gasteiger charge is 2.30. The second-order valence-corrected chi connectivity index (χ2v) is 7.88. The van der Waals surface area contributed by atoms with E-state index in [-0.39, 0.29) is 0 Å². The Balaban J connectivity index is 1.95. The van der Waals surface area contributed by atoms with E-state index < -0.39 is 0 Å². The molecule has 0 unspecified atom stereocenters. The van der Waals surface area contributed by atoms with Crippen molar-refractivity contribution >= 4 is 37.8 Å². The number of rotatable bonds is 4. The molecule has 0 radical (unpaired) electrons. The molecule has 0 heterocycles. The first-order valence-corrected chi connectivity index (χ1v) is 8.44. The molecular formula is C12H24N2S3. The molecule has 2 rings (SSSR count). The Labute approximate surface area is 121 Å². The SMILES string of the molecule is SN(S)SN(C1CCCCC1)C1CCCCC1. The zero-order chi connectivity index (χ0) is 12.1. The molecule has 2 aliphatic rings. The fourth-order valence-electron chi connectivity index (χ4n) is 3.19. The summed E-state index contributed by atoms with van der Waals surface area (Å²) in [6.45, 7) is 0. The van der Waals surface area contributed by atoms with Crippen molar-refractivity contribution in [2.75, 3.05) is 0 Å². The van der Waals surface area contributed by atoms with Gasteiger partial charge in [-0.25, -0.2) is 4.31 Å². The van der Waals surface area contributed by atoms with Crippen molar-refractivity contribution in [2.45, 2.75) is 76.3 Å². The van der Waals surface area contributed by atoms with Gasteiger partial charge in [-0.05, 0) is 25.7 Å². The van der Waals surface area contributed by atoms with Gasteiger partial charge in [0.05, 0.1) is 0 Å². The van der Waals surface area contributed by atoms with Gasteiger partial charge in [-0.15, -0.1) is 3.12 Å². The molecule has 100 valence electrons. The maximum absolute atomic E-state index is 4.30. The highest BCUT2D eigenvalue weighted by molar-refractivity contribution is 8.14. The number of nitrogens with zero attached hydrogens (tertiary/aromatic N) is 2. The Bertz CT molecular complexity index is 196. The summed E-state index contributed by atoms with van der Waals surface area (Å²) in [5, 5.41) is 0. The van der Waals surface area contributed by atoms with Crippen LogP contribution in [-0.2, 0) is 0 Å². The molecule has 0 bridgehead atoms. The van der Waals surface area contributed by atoms with Gasteiger partial charge in [0.25, 0.3) is 0 Å².